The van der Waals surface area contributed by atoms with Crippen molar-refractivity contribution in [3.05, 3.63) is 64.9 Å². The predicted octanol–water partition coefficient (Wildman–Crippen LogP) is 3.57. The van der Waals surface area contributed by atoms with E-state index in [2.05, 4.69) is 15.0 Å². The number of thiophene rings is 1. The first kappa shape index (κ1) is 19.6. The van der Waals surface area contributed by atoms with Crippen LogP contribution in [0.2, 0.25) is 0 Å². The van der Waals surface area contributed by atoms with Gasteiger partial charge in [0, 0.05) is 56.4 Å². The molecule has 1 aliphatic rings. The van der Waals surface area contributed by atoms with Crippen LogP contribution in [0.5, 0.6) is 0 Å². The highest BCUT2D eigenvalue weighted by Crippen LogP contribution is 2.39. The molecule has 0 bridgehead atoms. The highest BCUT2D eigenvalue weighted by Gasteiger charge is 2.34. The zero-order valence-corrected chi connectivity index (χ0v) is 18.1. The molecule has 156 valence electrons. The van der Waals surface area contributed by atoms with E-state index in [0.29, 0.717) is 23.7 Å². The maximum atomic E-state index is 13.2. The number of nitrogens with zero attached hydrogens (tertiary/aromatic N) is 5. The number of carbonyl (C=O) groups excluding carboxylic acids is 2. The Bertz CT molecular complexity index is 1320. The molecule has 1 fully saturated rings. The van der Waals surface area contributed by atoms with E-state index in [1.165, 1.54) is 11.3 Å². The molecule has 0 saturated carbocycles. The van der Waals surface area contributed by atoms with Gasteiger partial charge in [0.2, 0.25) is 0 Å². The first-order chi connectivity index (χ1) is 15.0. The van der Waals surface area contributed by atoms with E-state index in [0.717, 1.165) is 33.2 Å². The maximum absolute atomic E-state index is 13.2. The number of hydrogen-bond acceptors (Lipinski definition) is 6. The topological polar surface area (TPSA) is 79.3 Å². The van der Waals surface area contributed by atoms with Gasteiger partial charge in [-0.3, -0.25) is 14.6 Å². The van der Waals surface area contributed by atoms with Gasteiger partial charge in [0.25, 0.3) is 11.8 Å². The fourth-order valence-corrected chi connectivity index (χ4v) is 5.32. The van der Waals surface area contributed by atoms with Crippen LogP contribution in [-0.2, 0) is 0 Å². The van der Waals surface area contributed by atoms with E-state index in [-0.39, 0.29) is 17.7 Å². The number of pyridine rings is 1. The van der Waals surface area contributed by atoms with Crippen molar-refractivity contribution in [3.8, 4) is 0 Å². The predicted molar refractivity (Wildman–Crippen MR) is 120 cm³/mol. The second-order valence-electron chi connectivity index (χ2n) is 7.88. The van der Waals surface area contributed by atoms with Gasteiger partial charge in [-0.25, -0.2) is 9.97 Å². The molecule has 8 heteroatoms. The Morgan fingerprint density at radius 3 is 2.74 bits per heavy atom. The Morgan fingerprint density at radius 1 is 1.10 bits per heavy atom. The van der Waals surface area contributed by atoms with Crippen LogP contribution in [-0.4, -0.2) is 63.8 Å². The Morgan fingerprint density at radius 2 is 1.90 bits per heavy atom. The number of aromatic nitrogens is 3. The Hall–Kier alpha value is -3.39. The largest absolute Gasteiger partial charge is 0.344 e. The van der Waals surface area contributed by atoms with Crippen molar-refractivity contribution < 1.29 is 9.59 Å². The van der Waals surface area contributed by atoms with Gasteiger partial charge in [0.15, 0.2) is 0 Å². The van der Waals surface area contributed by atoms with Crippen molar-refractivity contribution in [2.45, 2.75) is 12.3 Å². The van der Waals surface area contributed by atoms with Gasteiger partial charge in [-0.2, -0.15) is 0 Å². The molecule has 31 heavy (non-hydrogen) atoms. The molecule has 0 unspecified atom stereocenters. The number of fused-ring (bicyclic) bond motifs is 2. The summed E-state index contributed by atoms with van der Waals surface area (Å²) in [6.45, 7) is 1.15. The molecule has 3 aromatic heterocycles. The second kappa shape index (κ2) is 7.70. The summed E-state index contributed by atoms with van der Waals surface area (Å²) in [5, 5.41) is 1.01. The van der Waals surface area contributed by atoms with Crippen molar-refractivity contribution in [2.75, 3.05) is 27.2 Å². The fourth-order valence-electron chi connectivity index (χ4n) is 4.11. The SMILES string of the molecule is CN(C)C(=O)c1sc2nccnc2c1[C@H]1CCN(C(=O)c2ccc3ccccc3n2)C1. The van der Waals surface area contributed by atoms with E-state index in [9.17, 15) is 9.59 Å². The molecule has 0 radical (unpaired) electrons. The summed E-state index contributed by atoms with van der Waals surface area (Å²) in [7, 11) is 3.49. The van der Waals surface area contributed by atoms with Gasteiger partial charge < -0.3 is 9.80 Å². The minimum atomic E-state index is -0.0839. The maximum Gasteiger partial charge on any atom is 0.272 e. The van der Waals surface area contributed by atoms with Crippen LogP contribution < -0.4 is 0 Å². The van der Waals surface area contributed by atoms with E-state index >= 15 is 0 Å². The molecule has 1 atom stereocenters. The average Bonchev–Trinajstić information content (AvgIpc) is 3.42. The van der Waals surface area contributed by atoms with E-state index in [1.54, 1.807) is 37.5 Å². The Balaban J connectivity index is 1.46. The minimum absolute atomic E-state index is 0.0359. The van der Waals surface area contributed by atoms with Crippen molar-refractivity contribution in [1.29, 1.82) is 0 Å². The first-order valence-corrected chi connectivity index (χ1v) is 10.9. The lowest BCUT2D eigenvalue weighted by Crippen LogP contribution is -2.29. The molecule has 1 saturated heterocycles. The van der Waals surface area contributed by atoms with Crippen molar-refractivity contribution in [2.24, 2.45) is 0 Å². The van der Waals surface area contributed by atoms with Crippen LogP contribution in [0, 0.1) is 0 Å². The number of amides is 2. The quantitative estimate of drug-likeness (QED) is 0.495. The monoisotopic (exact) mass is 431 g/mol. The van der Waals surface area contributed by atoms with Gasteiger partial charge in [-0.1, -0.05) is 24.3 Å². The van der Waals surface area contributed by atoms with Crippen molar-refractivity contribution in [3.63, 3.8) is 0 Å². The lowest BCUT2D eigenvalue weighted by molar-refractivity contribution is 0.0785. The molecule has 4 aromatic rings. The molecule has 0 aliphatic carbocycles. The summed E-state index contributed by atoms with van der Waals surface area (Å²) in [5.41, 5.74) is 2.93. The summed E-state index contributed by atoms with van der Waals surface area (Å²) in [6.07, 6.45) is 4.07. The number of para-hydroxylation sites is 1. The summed E-state index contributed by atoms with van der Waals surface area (Å²) >= 11 is 1.37. The normalized spacial score (nSPS) is 16.2. The summed E-state index contributed by atoms with van der Waals surface area (Å²) in [5.74, 6) is -0.103. The van der Waals surface area contributed by atoms with Gasteiger partial charge >= 0.3 is 0 Å². The molecule has 5 rings (SSSR count). The standard InChI is InChI=1S/C23H21N5O2S/c1-27(2)23(30)20-18(19-21(31-20)25-11-10-24-19)15-9-12-28(13-15)22(29)17-8-7-14-5-3-4-6-16(14)26-17/h3-8,10-11,15H,9,12-13H2,1-2H3/t15-/m0/s1. The molecule has 4 heterocycles. The van der Waals surface area contributed by atoms with Crippen LogP contribution in [0.25, 0.3) is 21.3 Å². The lowest BCUT2D eigenvalue weighted by Gasteiger charge is -2.17. The summed E-state index contributed by atoms with van der Waals surface area (Å²) in [6, 6.07) is 11.5. The van der Waals surface area contributed by atoms with Crippen molar-refractivity contribution >= 4 is 44.4 Å². The second-order valence-corrected chi connectivity index (χ2v) is 8.88. The highest BCUT2D eigenvalue weighted by atomic mass is 32.1. The van der Waals surface area contributed by atoms with Gasteiger partial charge in [0.1, 0.15) is 16.0 Å². The highest BCUT2D eigenvalue weighted by molar-refractivity contribution is 7.20. The van der Waals surface area contributed by atoms with Crippen LogP contribution >= 0.6 is 11.3 Å². The third kappa shape index (κ3) is 3.42. The zero-order chi connectivity index (χ0) is 21.5. The number of likely N-dealkylation sites (tertiary alicyclic amines) is 1. The molecular weight excluding hydrogens is 410 g/mol. The third-order valence-corrected chi connectivity index (χ3v) is 6.76. The van der Waals surface area contributed by atoms with Gasteiger partial charge in [0.05, 0.1) is 10.4 Å². The number of hydrogen-bond donors (Lipinski definition) is 0. The molecule has 1 aromatic carbocycles. The van der Waals surface area contributed by atoms with Crippen LogP contribution in [0.1, 0.15) is 38.1 Å². The van der Waals surface area contributed by atoms with E-state index < -0.39 is 0 Å². The first-order valence-electron chi connectivity index (χ1n) is 10.1. The molecule has 2 amide bonds. The third-order valence-electron chi connectivity index (χ3n) is 5.66. The zero-order valence-electron chi connectivity index (χ0n) is 17.3. The fraction of sp³-hybridized carbons (Fsp3) is 0.261. The Labute approximate surface area is 183 Å². The summed E-state index contributed by atoms with van der Waals surface area (Å²) in [4.78, 5) is 44.3. The molecule has 0 N–H and O–H groups in total. The smallest absolute Gasteiger partial charge is 0.272 e. The van der Waals surface area contributed by atoms with E-state index in [1.807, 2.05) is 35.2 Å². The average molecular weight is 432 g/mol. The van der Waals surface area contributed by atoms with Gasteiger partial charge in [-0.05, 0) is 18.6 Å². The lowest BCUT2D eigenvalue weighted by atomic mass is 9.97. The summed E-state index contributed by atoms with van der Waals surface area (Å²) < 4.78 is 0. The van der Waals surface area contributed by atoms with Crippen LogP contribution in [0.15, 0.2) is 48.8 Å². The minimum Gasteiger partial charge on any atom is -0.344 e. The number of benzene rings is 1. The molecule has 0 spiro atoms. The van der Waals surface area contributed by atoms with Crippen LogP contribution in [0.4, 0.5) is 0 Å². The Kier molecular flexibility index (Phi) is 4.86. The molecule has 7 nitrogen and oxygen atoms in total. The molecular formula is C23H21N5O2S. The van der Waals surface area contributed by atoms with Crippen LogP contribution in [0.3, 0.4) is 0 Å². The van der Waals surface area contributed by atoms with E-state index in [4.69, 9.17) is 0 Å². The van der Waals surface area contributed by atoms with Gasteiger partial charge in [-0.15, -0.1) is 11.3 Å². The number of rotatable bonds is 3. The van der Waals surface area contributed by atoms with Crippen molar-refractivity contribution in [1.82, 2.24) is 24.8 Å². The molecule has 1 aliphatic heterocycles. The number of carbonyl (C=O) groups is 2.